The van der Waals surface area contributed by atoms with E-state index in [-0.39, 0.29) is 17.4 Å². The fraction of sp³-hybridized carbons (Fsp3) is 0.176. The number of carbonyl (C=O) groups is 1. The average Bonchev–Trinajstić information content (AvgIpc) is 3.12. The number of alkyl halides is 2. The third-order valence-electron chi connectivity index (χ3n) is 3.95. The molecule has 0 bridgehead atoms. The minimum absolute atomic E-state index is 0.0725. The fourth-order valence-electron chi connectivity index (χ4n) is 2.69. The molecule has 0 saturated heterocycles. The summed E-state index contributed by atoms with van der Waals surface area (Å²) >= 11 is 0. The molecular formula is C17H13F2N3O3. The smallest absolute Gasteiger partial charge is 0.395 e. The van der Waals surface area contributed by atoms with E-state index in [0.717, 1.165) is 11.0 Å². The summed E-state index contributed by atoms with van der Waals surface area (Å²) in [6, 6.07) is 11.0. The molecule has 1 N–H and O–H groups in total. The summed E-state index contributed by atoms with van der Waals surface area (Å²) in [5.74, 6) is -0.506. The van der Waals surface area contributed by atoms with Crippen molar-refractivity contribution in [2.45, 2.75) is 19.3 Å². The van der Waals surface area contributed by atoms with Crippen LogP contribution in [0.25, 0.3) is 11.0 Å². The zero-order valence-electron chi connectivity index (χ0n) is 13.1. The van der Waals surface area contributed by atoms with E-state index in [1.165, 1.54) is 18.2 Å². The van der Waals surface area contributed by atoms with Gasteiger partial charge in [-0.15, -0.1) is 8.78 Å². The number of para-hydroxylation sites is 2. The van der Waals surface area contributed by atoms with Gasteiger partial charge in [-0.2, -0.15) is 0 Å². The zero-order chi connectivity index (χ0) is 17.6. The number of nitrogens with zero attached hydrogens (tertiary/aromatic N) is 2. The standard InChI is InChI=1S/C17H13F2N3O3/c1-10(22-9-20-12-4-2-3-5-13(12)22)16(23)21-11-6-7-14-15(8-11)25-17(18,19)24-14/h2-10H,1H3,(H,21,23)/t10-/m1/s1. The number of nitrogens with one attached hydrogen (secondary N) is 1. The normalized spacial score (nSPS) is 16.0. The van der Waals surface area contributed by atoms with Gasteiger partial charge < -0.3 is 19.4 Å². The molecule has 128 valence electrons. The second-order valence-electron chi connectivity index (χ2n) is 5.63. The van der Waals surface area contributed by atoms with Gasteiger partial charge in [0.2, 0.25) is 5.91 Å². The van der Waals surface area contributed by atoms with E-state index in [4.69, 9.17) is 0 Å². The minimum atomic E-state index is -3.69. The van der Waals surface area contributed by atoms with Crippen molar-refractivity contribution in [2.75, 3.05) is 5.32 Å². The van der Waals surface area contributed by atoms with Gasteiger partial charge in [0.1, 0.15) is 6.04 Å². The molecule has 25 heavy (non-hydrogen) atoms. The third-order valence-corrected chi connectivity index (χ3v) is 3.95. The number of ether oxygens (including phenoxy) is 2. The molecular weight excluding hydrogens is 332 g/mol. The monoisotopic (exact) mass is 345 g/mol. The summed E-state index contributed by atoms with van der Waals surface area (Å²) in [6.45, 7) is 1.73. The lowest BCUT2D eigenvalue weighted by molar-refractivity contribution is -0.286. The Kier molecular flexibility index (Phi) is 3.34. The van der Waals surface area contributed by atoms with Crippen molar-refractivity contribution in [1.29, 1.82) is 0 Å². The van der Waals surface area contributed by atoms with Crippen molar-refractivity contribution >= 4 is 22.6 Å². The quantitative estimate of drug-likeness (QED) is 0.788. The van der Waals surface area contributed by atoms with Crippen LogP contribution in [0.1, 0.15) is 13.0 Å². The molecule has 1 aliphatic rings. The zero-order valence-corrected chi connectivity index (χ0v) is 13.1. The number of imidazole rings is 1. The van der Waals surface area contributed by atoms with Gasteiger partial charge in [-0.1, -0.05) is 12.1 Å². The van der Waals surface area contributed by atoms with Crippen molar-refractivity contribution in [1.82, 2.24) is 9.55 Å². The summed E-state index contributed by atoms with van der Waals surface area (Å²) in [4.78, 5) is 16.8. The van der Waals surface area contributed by atoms with Gasteiger partial charge >= 0.3 is 6.29 Å². The summed E-state index contributed by atoms with van der Waals surface area (Å²) < 4.78 is 36.6. The SMILES string of the molecule is C[C@H](C(=O)Nc1ccc2c(c1)OC(F)(F)O2)n1cnc2ccccc21. The summed E-state index contributed by atoms with van der Waals surface area (Å²) in [6.07, 6.45) is -2.09. The first-order valence-electron chi connectivity index (χ1n) is 7.55. The Labute approximate surface area is 141 Å². The predicted octanol–water partition coefficient (Wildman–Crippen LogP) is 3.56. The summed E-state index contributed by atoms with van der Waals surface area (Å²) in [5.41, 5.74) is 1.95. The molecule has 2 heterocycles. The van der Waals surface area contributed by atoms with Gasteiger partial charge in [-0.3, -0.25) is 4.79 Å². The molecule has 1 atom stereocenters. The lowest BCUT2D eigenvalue weighted by Crippen LogP contribution is -2.26. The van der Waals surface area contributed by atoms with Gasteiger partial charge in [0.15, 0.2) is 11.5 Å². The van der Waals surface area contributed by atoms with Gasteiger partial charge in [0, 0.05) is 11.8 Å². The van der Waals surface area contributed by atoms with E-state index in [9.17, 15) is 13.6 Å². The molecule has 4 rings (SSSR count). The van der Waals surface area contributed by atoms with Gasteiger partial charge in [0.05, 0.1) is 17.4 Å². The van der Waals surface area contributed by atoms with Crippen molar-refractivity contribution in [3.05, 3.63) is 48.8 Å². The van der Waals surface area contributed by atoms with E-state index in [0.29, 0.717) is 5.69 Å². The predicted molar refractivity (Wildman–Crippen MR) is 85.7 cm³/mol. The van der Waals surface area contributed by atoms with Crippen molar-refractivity contribution in [3.63, 3.8) is 0 Å². The van der Waals surface area contributed by atoms with E-state index in [1.807, 2.05) is 24.3 Å². The number of hydrogen-bond acceptors (Lipinski definition) is 4. The molecule has 3 aromatic rings. The van der Waals surface area contributed by atoms with Crippen LogP contribution in [0.2, 0.25) is 0 Å². The molecule has 0 fully saturated rings. The van der Waals surface area contributed by atoms with Crippen LogP contribution in [-0.4, -0.2) is 21.8 Å². The molecule has 8 heteroatoms. The number of benzene rings is 2. The highest BCUT2D eigenvalue weighted by atomic mass is 19.3. The molecule has 1 aliphatic heterocycles. The van der Waals surface area contributed by atoms with Gasteiger partial charge in [0.25, 0.3) is 0 Å². The Balaban J connectivity index is 1.55. The number of halogens is 2. The molecule has 6 nitrogen and oxygen atoms in total. The van der Waals surface area contributed by atoms with Crippen molar-refractivity contribution < 1.29 is 23.0 Å². The number of carbonyl (C=O) groups excluding carboxylic acids is 1. The maximum absolute atomic E-state index is 13.1. The second kappa shape index (κ2) is 5.44. The first kappa shape index (κ1) is 15.4. The largest absolute Gasteiger partial charge is 0.586 e. The lowest BCUT2D eigenvalue weighted by Gasteiger charge is -2.14. The molecule has 1 amide bonds. The number of fused-ring (bicyclic) bond motifs is 2. The number of rotatable bonds is 3. The maximum Gasteiger partial charge on any atom is 0.586 e. The fourth-order valence-corrected chi connectivity index (χ4v) is 2.69. The Morgan fingerprint density at radius 2 is 1.96 bits per heavy atom. The van der Waals surface area contributed by atoms with Crippen LogP contribution >= 0.6 is 0 Å². The highest BCUT2D eigenvalue weighted by Crippen LogP contribution is 2.42. The van der Waals surface area contributed by atoms with E-state index >= 15 is 0 Å². The first-order valence-corrected chi connectivity index (χ1v) is 7.55. The molecule has 0 radical (unpaired) electrons. The number of anilines is 1. The van der Waals surface area contributed by atoms with Crippen LogP contribution in [0.4, 0.5) is 14.5 Å². The first-order chi connectivity index (χ1) is 11.9. The molecule has 1 aromatic heterocycles. The molecule has 0 spiro atoms. The molecule has 0 unspecified atom stereocenters. The van der Waals surface area contributed by atoms with Crippen LogP contribution in [0.5, 0.6) is 11.5 Å². The van der Waals surface area contributed by atoms with Crippen LogP contribution in [-0.2, 0) is 4.79 Å². The highest BCUT2D eigenvalue weighted by Gasteiger charge is 2.43. The highest BCUT2D eigenvalue weighted by molar-refractivity contribution is 5.94. The summed E-state index contributed by atoms with van der Waals surface area (Å²) in [7, 11) is 0. The molecule has 0 aliphatic carbocycles. The minimum Gasteiger partial charge on any atom is -0.395 e. The van der Waals surface area contributed by atoms with E-state index < -0.39 is 12.3 Å². The van der Waals surface area contributed by atoms with Gasteiger partial charge in [-0.25, -0.2) is 4.98 Å². The number of amides is 1. The lowest BCUT2D eigenvalue weighted by atomic mass is 10.2. The number of aromatic nitrogens is 2. The Hall–Kier alpha value is -3.16. The van der Waals surface area contributed by atoms with Crippen LogP contribution in [0, 0.1) is 0 Å². The van der Waals surface area contributed by atoms with E-state index in [1.54, 1.807) is 17.8 Å². The van der Waals surface area contributed by atoms with Gasteiger partial charge in [-0.05, 0) is 31.2 Å². The molecule has 0 saturated carbocycles. The van der Waals surface area contributed by atoms with Crippen LogP contribution in [0.3, 0.4) is 0 Å². The Morgan fingerprint density at radius 3 is 2.80 bits per heavy atom. The van der Waals surface area contributed by atoms with E-state index in [2.05, 4.69) is 19.8 Å². The molecule has 2 aromatic carbocycles. The van der Waals surface area contributed by atoms with Crippen molar-refractivity contribution in [2.24, 2.45) is 0 Å². The number of hydrogen-bond donors (Lipinski definition) is 1. The van der Waals surface area contributed by atoms with Crippen LogP contribution in [0.15, 0.2) is 48.8 Å². The topological polar surface area (TPSA) is 65.4 Å². The summed E-state index contributed by atoms with van der Waals surface area (Å²) in [5, 5.41) is 2.68. The average molecular weight is 345 g/mol. The third kappa shape index (κ3) is 2.75. The van der Waals surface area contributed by atoms with Crippen molar-refractivity contribution in [3.8, 4) is 11.5 Å². The Morgan fingerprint density at radius 1 is 1.20 bits per heavy atom. The maximum atomic E-state index is 13.1. The van der Waals surface area contributed by atoms with Crippen LogP contribution < -0.4 is 14.8 Å². The second-order valence-corrected chi connectivity index (χ2v) is 5.63. The Bertz CT molecular complexity index is 971.